The summed E-state index contributed by atoms with van der Waals surface area (Å²) in [6, 6.07) is 10.00. The van der Waals surface area contributed by atoms with Crippen LogP contribution in [0.5, 0.6) is 5.75 Å². The van der Waals surface area contributed by atoms with Crippen molar-refractivity contribution in [3.05, 3.63) is 59.4 Å². The van der Waals surface area contributed by atoms with E-state index in [0.29, 0.717) is 18.2 Å². The van der Waals surface area contributed by atoms with Gasteiger partial charge in [-0.2, -0.15) is 0 Å². The lowest BCUT2D eigenvalue weighted by molar-refractivity contribution is 0.0729. The highest BCUT2D eigenvalue weighted by molar-refractivity contribution is 5.94. The third kappa shape index (κ3) is 3.21. The van der Waals surface area contributed by atoms with Gasteiger partial charge in [0.2, 0.25) is 0 Å². The van der Waals surface area contributed by atoms with Gasteiger partial charge in [-0.25, -0.2) is 0 Å². The summed E-state index contributed by atoms with van der Waals surface area (Å²) in [5.74, 6) is -0.0478. The molecule has 108 valence electrons. The summed E-state index contributed by atoms with van der Waals surface area (Å²) in [6.07, 6.45) is 4.93. The van der Waals surface area contributed by atoms with E-state index in [-0.39, 0.29) is 11.7 Å². The minimum absolute atomic E-state index is 0.0203. The van der Waals surface area contributed by atoms with E-state index in [9.17, 15) is 9.90 Å². The maximum atomic E-state index is 12.6. The van der Waals surface area contributed by atoms with Gasteiger partial charge < -0.3 is 10.0 Å². The topological polar surface area (TPSA) is 53.4 Å². The van der Waals surface area contributed by atoms with Crippen molar-refractivity contribution in [2.24, 2.45) is 0 Å². The fourth-order valence-electron chi connectivity index (χ4n) is 2.35. The minimum atomic E-state index is -0.0681. The molecule has 0 spiro atoms. The molecule has 1 aromatic heterocycles. The van der Waals surface area contributed by atoms with Crippen LogP contribution in [0, 0.1) is 6.92 Å². The molecule has 1 aromatic carbocycles. The molecule has 0 atom stereocenters. The van der Waals surface area contributed by atoms with Crippen LogP contribution in [0.15, 0.2) is 42.7 Å². The van der Waals surface area contributed by atoms with Crippen molar-refractivity contribution >= 4 is 5.91 Å². The number of carbonyl (C=O) groups is 1. The largest absolute Gasteiger partial charge is 0.506 e. The molecule has 3 rings (SSSR count). The maximum absolute atomic E-state index is 12.6. The van der Waals surface area contributed by atoms with E-state index in [2.05, 4.69) is 29.2 Å². The van der Waals surface area contributed by atoms with Gasteiger partial charge in [0.15, 0.2) is 0 Å². The molecule has 1 aliphatic rings. The molecule has 1 amide bonds. The molecule has 0 aliphatic heterocycles. The zero-order chi connectivity index (χ0) is 14.8. The Bertz CT molecular complexity index is 648. The maximum Gasteiger partial charge on any atom is 0.256 e. The first-order valence-corrected chi connectivity index (χ1v) is 7.14. The van der Waals surface area contributed by atoms with Crippen molar-refractivity contribution in [2.75, 3.05) is 0 Å². The third-order valence-electron chi connectivity index (χ3n) is 3.69. The Morgan fingerprint density at radius 1 is 1.29 bits per heavy atom. The fraction of sp³-hybridized carbons (Fsp3) is 0.294. The molecule has 0 radical (unpaired) electrons. The van der Waals surface area contributed by atoms with Crippen molar-refractivity contribution in [3.8, 4) is 5.75 Å². The number of pyridine rings is 1. The normalized spacial score (nSPS) is 14.0. The summed E-state index contributed by atoms with van der Waals surface area (Å²) >= 11 is 0. The summed E-state index contributed by atoms with van der Waals surface area (Å²) in [4.78, 5) is 18.4. The molecule has 2 aromatic rings. The highest BCUT2D eigenvalue weighted by atomic mass is 16.3. The van der Waals surface area contributed by atoms with Crippen LogP contribution in [-0.2, 0) is 6.54 Å². The van der Waals surface area contributed by atoms with Gasteiger partial charge in [-0.1, -0.05) is 29.8 Å². The number of aromatic nitrogens is 1. The number of hydrogen-bond donors (Lipinski definition) is 1. The van der Waals surface area contributed by atoms with E-state index < -0.39 is 0 Å². The van der Waals surface area contributed by atoms with Gasteiger partial charge in [0.25, 0.3) is 5.91 Å². The molecule has 0 unspecified atom stereocenters. The number of aromatic hydroxyl groups is 1. The van der Waals surface area contributed by atoms with Gasteiger partial charge in [-0.05, 0) is 31.4 Å². The fourth-order valence-corrected chi connectivity index (χ4v) is 2.35. The Morgan fingerprint density at radius 3 is 2.62 bits per heavy atom. The molecule has 4 heteroatoms. The van der Waals surface area contributed by atoms with Crippen LogP contribution >= 0.6 is 0 Å². The van der Waals surface area contributed by atoms with Crippen LogP contribution in [-0.4, -0.2) is 26.9 Å². The number of aryl methyl sites for hydroxylation is 1. The highest BCUT2D eigenvalue weighted by Crippen LogP contribution is 2.30. The van der Waals surface area contributed by atoms with Gasteiger partial charge in [0, 0.05) is 18.8 Å². The second-order valence-corrected chi connectivity index (χ2v) is 5.58. The Morgan fingerprint density at radius 2 is 2.00 bits per heavy atom. The van der Waals surface area contributed by atoms with Gasteiger partial charge in [0.1, 0.15) is 5.75 Å². The number of hydrogen-bond acceptors (Lipinski definition) is 3. The highest BCUT2D eigenvalue weighted by Gasteiger charge is 2.33. The SMILES string of the molecule is Cc1ccc(CN(C(=O)c2cncc(O)c2)C2CC2)cc1. The Hall–Kier alpha value is -2.36. The Labute approximate surface area is 124 Å². The van der Waals surface area contributed by atoms with Crippen molar-refractivity contribution in [3.63, 3.8) is 0 Å². The molecule has 0 bridgehead atoms. The summed E-state index contributed by atoms with van der Waals surface area (Å²) < 4.78 is 0. The average molecular weight is 282 g/mol. The lowest BCUT2D eigenvalue weighted by Gasteiger charge is -2.22. The first-order chi connectivity index (χ1) is 10.1. The van der Waals surface area contributed by atoms with Crippen LogP contribution in [0.4, 0.5) is 0 Å². The first-order valence-electron chi connectivity index (χ1n) is 7.14. The zero-order valence-corrected chi connectivity index (χ0v) is 12.0. The van der Waals surface area contributed by atoms with E-state index >= 15 is 0 Å². The Kier molecular flexibility index (Phi) is 3.60. The lowest BCUT2D eigenvalue weighted by Crippen LogP contribution is -2.32. The summed E-state index contributed by atoms with van der Waals surface area (Å²) in [7, 11) is 0. The number of carbonyl (C=O) groups excluding carboxylic acids is 1. The van der Waals surface area contributed by atoms with Crippen LogP contribution in [0.25, 0.3) is 0 Å². The molecule has 21 heavy (non-hydrogen) atoms. The van der Waals surface area contributed by atoms with Crippen molar-refractivity contribution in [1.29, 1.82) is 0 Å². The smallest absolute Gasteiger partial charge is 0.256 e. The molecule has 1 fully saturated rings. The average Bonchev–Trinajstić information content (AvgIpc) is 3.30. The van der Waals surface area contributed by atoms with E-state index in [0.717, 1.165) is 18.4 Å². The summed E-state index contributed by atoms with van der Waals surface area (Å²) in [5.41, 5.74) is 2.77. The van der Waals surface area contributed by atoms with E-state index in [1.165, 1.54) is 24.0 Å². The van der Waals surface area contributed by atoms with Crippen molar-refractivity contribution in [2.45, 2.75) is 32.4 Å². The van der Waals surface area contributed by atoms with Gasteiger partial charge in [-0.15, -0.1) is 0 Å². The van der Waals surface area contributed by atoms with Crippen LogP contribution in [0.1, 0.15) is 34.3 Å². The molecule has 1 N–H and O–H groups in total. The first kappa shape index (κ1) is 13.6. The predicted molar refractivity (Wildman–Crippen MR) is 80.0 cm³/mol. The van der Waals surface area contributed by atoms with Gasteiger partial charge in [-0.3, -0.25) is 9.78 Å². The second-order valence-electron chi connectivity index (χ2n) is 5.58. The zero-order valence-electron chi connectivity index (χ0n) is 12.0. The number of amides is 1. The quantitative estimate of drug-likeness (QED) is 0.938. The summed E-state index contributed by atoms with van der Waals surface area (Å²) in [5, 5.41) is 9.48. The standard InChI is InChI=1S/C17H18N2O2/c1-12-2-4-13(5-3-12)11-19(15-6-7-15)17(21)14-8-16(20)10-18-9-14/h2-5,8-10,15,20H,6-7,11H2,1H3. The third-order valence-corrected chi connectivity index (χ3v) is 3.69. The van der Waals surface area contributed by atoms with Crippen LogP contribution in [0.2, 0.25) is 0 Å². The lowest BCUT2D eigenvalue weighted by atomic mass is 10.1. The monoisotopic (exact) mass is 282 g/mol. The van der Waals surface area contributed by atoms with Crippen molar-refractivity contribution < 1.29 is 9.90 Å². The molecular weight excluding hydrogens is 264 g/mol. The predicted octanol–water partition coefficient (Wildman–Crippen LogP) is 2.90. The van der Waals surface area contributed by atoms with E-state index in [1.807, 2.05) is 11.8 Å². The van der Waals surface area contributed by atoms with Gasteiger partial charge >= 0.3 is 0 Å². The molecule has 1 saturated carbocycles. The molecule has 1 heterocycles. The number of nitrogens with zero attached hydrogens (tertiary/aromatic N) is 2. The Balaban J connectivity index is 1.81. The molecule has 0 saturated heterocycles. The molecular formula is C17H18N2O2. The second kappa shape index (κ2) is 5.56. The molecule has 1 aliphatic carbocycles. The number of benzene rings is 1. The van der Waals surface area contributed by atoms with Crippen LogP contribution < -0.4 is 0 Å². The minimum Gasteiger partial charge on any atom is -0.506 e. The van der Waals surface area contributed by atoms with Crippen molar-refractivity contribution in [1.82, 2.24) is 9.88 Å². The molecule has 4 nitrogen and oxygen atoms in total. The van der Waals surface area contributed by atoms with E-state index in [1.54, 1.807) is 0 Å². The summed E-state index contributed by atoms with van der Waals surface area (Å²) in [6.45, 7) is 2.64. The van der Waals surface area contributed by atoms with Gasteiger partial charge in [0.05, 0.1) is 11.8 Å². The van der Waals surface area contributed by atoms with Crippen LogP contribution in [0.3, 0.4) is 0 Å². The van der Waals surface area contributed by atoms with E-state index in [4.69, 9.17) is 0 Å². The number of rotatable bonds is 4.